The third-order valence-electron chi connectivity index (χ3n) is 2.93. The quantitative estimate of drug-likeness (QED) is 0.676. The Balaban J connectivity index is 2.25. The molecule has 0 heterocycles. The predicted octanol–water partition coefficient (Wildman–Crippen LogP) is 2.21. The molecule has 134 valence electrons. The van der Waals surface area contributed by atoms with Gasteiger partial charge in [-0.1, -0.05) is 11.6 Å². The molecule has 0 unspecified atom stereocenters. The van der Waals surface area contributed by atoms with Crippen LogP contribution in [-0.4, -0.2) is 34.2 Å². The molecule has 0 fully saturated rings. The van der Waals surface area contributed by atoms with Crippen LogP contribution in [0, 0.1) is 0 Å². The molecule has 0 bridgehead atoms. The average molecular weight is 405 g/mol. The van der Waals surface area contributed by atoms with Gasteiger partial charge in [0.05, 0.1) is 33.1 Å². The highest BCUT2D eigenvalue weighted by Crippen LogP contribution is 2.27. The first kappa shape index (κ1) is 19.0. The highest BCUT2D eigenvalue weighted by Gasteiger charge is 2.16. The maximum atomic E-state index is 12.3. The molecule has 3 N–H and O–H groups in total. The number of halogens is 1. The lowest BCUT2D eigenvalue weighted by Gasteiger charge is -2.11. The number of aromatic carboxylic acids is 1. The Morgan fingerprint density at radius 1 is 1.00 bits per heavy atom. The lowest BCUT2D eigenvalue weighted by Crippen LogP contribution is -2.14. The van der Waals surface area contributed by atoms with Crippen LogP contribution < -0.4 is 9.44 Å². The number of nitrogens with one attached hydrogen (secondary N) is 2. The molecule has 2 aromatic rings. The van der Waals surface area contributed by atoms with Gasteiger partial charge in [-0.05, 0) is 42.5 Å². The van der Waals surface area contributed by atoms with Crippen molar-refractivity contribution in [1.29, 1.82) is 0 Å². The van der Waals surface area contributed by atoms with Crippen molar-refractivity contribution in [2.75, 3.05) is 15.7 Å². The Morgan fingerprint density at radius 3 is 2.08 bits per heavy atom. The molecule has 0 atom stereocenters. The van der Waals surface area contributed by atoms with Crippen LogP contribution >= 0.6 is 11.6 Å². The summed E-state index contributed by atoms with van der Waals surface area (Å²) >= 11 is 5.94. The Hall–Kier alpha value is -2.30. The van der Waals surface area contributed by atoms with Crippen molar-refractivity contribution in [2.24, 2.45) is 0 Å². The number of sulfonamides is 2. The van der Waals surface area contributed by atoms with E-state index >= 15 is 0 Å². The minimum atomic E-state index is -3.96. The van der Waals surface area contributed by atoms with E-state index in [0.29, 0.717) is 0 Å². The van der Waals surface area contributed by atoms with Gasteiger partial charge in [0.25, 0.3) is 10.0 Å². The number of carboxylic acid groups (broad SMARTS) is 1. The van der Waals surface area contributed by atoms with E-state index in [1.165, 1.54) is 30.3 Å². The number of benzene rings is 2. The maximum absolute atomic E-state index is 12.3. The lowest BCUT2D eigenvalue weighted by atomic mass is 10.2. The van der Waals surface area contributed by atoms with Crippen molar-refractivity contribution in [2.45, 2.75) is 4.90 Å². The average Bonchev–Trinajstić information content (AvgIpc) is 2.48. The summed E-state index contributed by atoms with van der Waals surface area (Å²) in [4.78, 5) is 10.7. The van der Waals surface area contributed by atoms with Gasteiger partial charge in [-0.2, -0.15) is 0 Å². The molecular weight excluding hydrogens is 392 g/mol. The van der Waals surface area contributed by atoms with Gasteiger partial charge in [0, 0.05) is 0 Å². The summed E-state index contributed by atoms with van der Waals surface area (Å²) in [5.74, 6) is -1.17. The summed E-state index contributed by atoms with van der Waals surface area (Å²) < 4.78 is 51.5. The number of carboxylic acids is 1. The Morgan fingerprint density at radius 2 is 1.60 bits per heavy atom. The predicted molar refractivity (Wildman–Crippen MR) is 94.1 cm³/mol. The van der Waals surface area contributed by atoms with E-state index in [0.717, 1.165) is 18.4 Å². The van der Waals surface area contributed by atoms with Crippen LogP contribution in [0.4, 0.5) is 11.4 Å². The van der Waals surface area contributed by atoms with E-state index in [2.05, 4.69) is 9.44 Å². The molecule has 11 heteroatoms. The summed E-state index contributed by atoms with van der Waals surface area (Å²) in [6.07, 6.45) is 0.959. The fourth-order valence-corrected chi connectivity index (χ4v) is 3.76. The number of hydrogen-bond donors (Lipinski definition) is 3. The van der Waals surface area contributed by atoms with Crippen LogP contribution in [0.3, 0.4) is 0 Å². The maximum Gasteiger partial charge on any atom is 0.335 e. The normalized spacial score (nSPS) is 11.8. The number of carbonyl (C=O) groups is 1. The fraction of sp³-hybridized carbons (Fsp3) is 0.0714. The van der Waals surface area contributed by atoms with Crippen molar-refractivity contribution in [3.05, 3.63) is 53.1 Å². The molecule has 0 aliphatic rings. The zero-order chi connectivity index (χ0) is 18.8. The van der Waals surface area contributed by atoms with Gasteiger partial charge < -0.3 is 5.11 Å². The van der Waals surface area contributed by atoms with Gasteiger partial charge in [-0.15, -0.1) is 0 Å². The van der Waals surface area contributed by atoms with Crippen LogP contribution in [0.1, 0.15) is 10.4 Å². The molecule has 0 aromatic heterocycles. The molecule has 0 saturated carbocycles. The summed E-state index contributed by atoms with van der Waals surface area (Å²) in [5, 5.41) is 8.83. The summed E-state index contributed by atoms with van der Waals surface area (Å²) in [6, 6.07) is 8.56. The number of hydrogen-bond acceptors (Lipinski definition) is 5. The topological polar surface area (TPSA) is 130 Å². The second kappa shape index (κ2) is 6.90. The Bertz CT molecular complexity index is 1020. The first-order chi connectivity index (χ1) is 11.5. The monoisotopic (exact) mass is 404 g/mol. The minimum Gasteiger partial charge on any atom is -0.478 e. The van der Waals surface area contributed by atoms with Gasteiger partial charge in [0.1, 0.15) is 0 Å². The second-order valence-electron chi connectivity index (χ2n) is 5.00. The molecule has 0 spiro atoms. The fourth-order valence-electron chi connectivity index (χ4n) is 1.85. The Labute approximate surface area is 149 Å². The molecule has 0 radical (unpaired) electrons. The SMILES string of the molecule is CS(=O)(=O)Nc1ccc(NS(=O)(=O)c2ccc(C(=O)O)cc2)cc1Cl. The summed E-state index contributed by atoms with van der Waals surface area (Å²) in [7, 11) is -7.48. The minimum absolute atomic E-state index is 0.00634. The van der Waals surface area contributed by atoms with E-state index in [1.807, 2.05) is 0 Å². The molecule has 0 amide bonds. The first-order valence-corrected chi connectivity index (χ1v) is 10.4. The highest BCUT2D eigenvalue weighted by molar-refractivity contribution is 7.92. The van der Waals surface area contributed by atoms with Gasteiger partial charge in [0.15, 0.2) is 0 Å². The van der Waals surface area contributed by atoms with Crippen LogP contribution in [0.15, 0.2) is 47.4 Å². The molecule has 2 aromatic carbocycles. The van der Waals surface area contributed by atoms with Crippen molar-refractivity contribution in [1.82, 2.24) is 0 Å². The Kier molecular flexibility index (Phi) is 5.26. The molecule has 25 heavy (non-hydrogen) atoms. The van der Waals surface area contributed by atoms with Crippen molar-refractivity contribution < 1.29 is 26.7 Å². The van der Waals surface area contributed by atoms with E-state index < -0.39 is 26.0 Å². The third-order valence-corrected chi connectivity index (χ3v) is 5.23. The number of rotatable bonds is 6. The van der Waals surface area contributed by atoms with Crippen LogP contribution in [0.25, 0.3) is 0 Å². The van der Waals surface area contributed by atoms with Crippen LogP contribution in [0.5, 0.6) is 0 Å². The first-order valence-electron chi connectivity index (χ1n) is 6.61. The molecule has 8 nitrogen and oxygen atoms in total. The molecular formula is C14H13ClN2O6S2. The van der Waals surface area contributed by atoms with Crippen molar-refractivity contribution >= 4 is 49.0 Å². The standard InChI is InChI=1S/C14H13ClN2O6S2/c1-24(20,21)17-13-7-4-10(8-12(13)15)16-25(22,23)11-5-2-9(3-6-11)14(18)19/h2-8,16-17H,1H3,(H,18,19). The van der Waals surface area contributed by atoms with E-state index in [4.69, 9.17) is 16.7 Å². The van der Waals surface area contributed by atoms with E-state index in [-0.39, 0.29) is 26.9 Å². The zero-order valence-corrected chi connectivity index (χ0v) is 15.1. The third kappa shape index (κ3) is 5.08. The molecule has 2 rings (SSSR count). The number of anilines is 2. The highest BCUT2D eigenvalue weighted by atomic mass is 35.5. The zero-order valence-electron chi connectivity index (χ0n) is 12.7. The van der Waals surface area contributed by atoms with E-state index in [9.17, 15) is 21.6 Å². The lowest BCUT2D eigenvalue weighted by molar-refractivity contribution is 0.0696. The van der Waals surface area contributed by atoms with E-state index in [1.54, 1.807) is 0 Å². The van der Waals surface area contributed by atoms with Gasteiger partial charge >= 0.3 is 5.97 Å². The van der Waals surface area contributed by atoms with Crippen molar-refractivity contribution in [3.63, 3.8) is 0 Å². The van der Waals surface area contributed by atoms with Gasteiger partial charge in [-0.25, -0.2) is 21.6 Å². The van der Waals surface area contributed by atoms with Gasteiger partial charge in [0.2, 0.25) is 10.0 Å². The molecule has 0 saturated heterocycles. The summed E-state index contributed by atoms with van der Waals surface area (Å²) in [6.45, 7) is 0. The summed E-state index contributed by atoms with van der Waals surface area (Å²) in [5.41, 5.74) is 0.183. The van der Waals surface area contributed by atoms with Crippen LogP contribution in [0.2, 0.25) is 5.02 Å². The largest absolute Gasteiger partial charge is 0.478 e. The van der Waals surface area contributed by atoms with Crippen molar-refractivity contribution in [3.8, 4) is 0 Å². The molecule has 0 aliphatic heterocycles. The second-order valence-corrected chi connectivity index (χ2v) is 8.84. The van der Waals surface area contributed by atoms with Crippen LogP contribution in [-0.2, 0) is 20.0 Å². The molecule has 0 aliphatic carbocycles. The smallest absolute Gasteiger partial charge is 0.335 e. The van der Waals surface area contributed by atoms with Gasteiger partial charge in [-0.3, -0.25) is 9.44 Å².